The van der Waals surface area contributed by atoms with Crippen molar-refractivity contribution < 1.29 is 0 Å². The van der Waals surface area contributed by atoms with Crippen molar-refractivity contribution in [1.82, 2.24) is 9.88 Å². The Balaban J connectivity index is 1.30. The average molecular weight is 357 g/mol. The van der Waals surface area contributed by atoms with Gasteiger partial charge in [0.25, 0.3) is 0 Å². The Morgan fingerprint density at radius 1 is 1.00 bits per heavy atom. The zero-order valence-corrected chi connectivity index (χ0v) is 14.9. The highest BCUT2D eigenvalue weighted by molar-refractivity contribution is 7.18. The predicted molar refractivity (Wildman–Crippen MR) is 103 cm³/mol. The lowest BCUT2D eigenvalue weighted by Gasteiger charge is -2.36. The first kappa shape index (κ1) is 15.9. The van der Waals surface area contributed by atoms with E-state index in [0.29, 0.717) is 0 Å². The van der Waals surface area contributed by atoms with Gasteiger partial charge in [-0.25, -0.2) is 4.98 Å². The van der Waals surface area contributed by atoms with Gasteiger partial charge in [-0.3, -0.25) is 4.90 Å². The second-order valence-corrected chi connectivity index (χ2v) is 7.49. The highest BCUT2D eigenvalue weighted by Crippen LogP contribution is 2.23. The van der Waals surface area contributed by atoms with Gasteiger partial charge in [0.15, 0.2) is 0 Å². The topological polar surface area (TPSA) is 19.4 Å². The third kappa shape index (κ3) is 3.56. The molecule has 1 aliphatic heterocycles. The lowest BCUT2D eigenvalue weighted by atomic mass is 10.2. The summed E-state index contributed by atoms with van der Waals surface area (Å²) in [6.45, 7) is 5.22. The fourth-order valence-electron chi connectivity index (χ4n) is 3.03. The maximum Gasteiger partial charge on any atom is 0.0989 e. The van der Waals surface area contributed by atoms with Crippen LogP contribution in [0.3, 0.4) is 0 Å². The summed E-state index contributed by atoms with van der Waals surface area (Å²) in [6, 6.07) is 16.5. The van der Waals surface area contributed by atoms with E-state index in [4.69, 9.17) is 11.6 Å². The van der Waals surface area contributed by atoms with Gasteiger partial charge in [0.05, 0.1) is 15.2 Å². The van der Waals surface area contributed by atoms with Gasteiger partial charge >= 0.3 is 0 Å². The van der Waals surface area contributed by atoms with E-state index in [0.717, 1.165) is 48.3 Å². The van der Waals surface area contributed by atoms with Crippen LogP contribution in [0.25, 0.3) is 10.2 Å². The number of rotatable bonds is 4. The summed E-state index contributed by atoms with van der Waals surface area (Å²) >= 11 is 7.74. The van der Waals surface area contributed by atoms with Crippen LogP contribution in [0.1, 0.15) is 5.01 Å². The van der Waals surface area contributed by atoms with Crippen molar-refractivity contribution in [2.24, 2.45) is 0 Å². The molecule has 5 heteroatoms. The Bertz CT molecular complexity index is 774. The van der Waals surface area contributed by atoms with Crippen LogP contribution in [0.2, 0.25) is 5.02 Å². The fourth-order valence-corrected chi connectivity index (χ4v) is 4.04. The van der Waals surface area contributed by atoms with Crippen molar-refractivity contribution >= 4 is 38.8 Å². The number of piperazine rings is 1. The van der Waals surface area contributed by atoms with Gasteiger partial charge in [0.1, 0.15) is 0 Å². The normalized spacial score (nSPS) is 16.0. The van der Waals surface area contributed by atoms with Gasteiger partial charge in [-0.1, -0.05) is 23.7 Å². The van der Waals surface area contributed by atoms with Crippen LogP contribution < -0.4 is 4.90 Å². The number of nitrogens with zero attached hydrogens (tertiary/aromatic N) is 3. The summed E-state index contributed by atoms with van der Waals surface area (Å²) < 4.78 is 1.26. The summed E-state index contributed by atoms with van der Waals surface area (Å²) in [5.74, 6) is 0. The zero-order valence-electron chi connectivity index (χ0n) is 13.4. The van der Waals surface area contributed by atoms with Crippen LogP contribution in [0, 0.1) is 6.42 Å². The van der Waals surface area contributed by atoms with Gasteiger partial charge in [0, 0.05) is 49.9 Å². The minimum atomic E-state index is 0.794. The molecule has 1 fully saturated rings. The zero-order chi connectivity index (χ0) is 16.4. The number of fused-ring (bicyclic) bond motifs is 1. The Kier molecular flexibility index (Phi) is 4.69. The van der Waals surface area contributed by atoms with E-state index in [-0.39, 0.29) is 0 Å². The lowest BCUT2D eigenvalue weighted by Crippen LogP contribution is -2.46. The summed E-state index contributed by atoms with van der Waals surface area (Å²) in [4.78, 5) is 9.59. The first-order valence-corrected chi connectivity index (χ1v) is 9.39. The third-order valence-corrected chi connectivity index (χ3v) is 5.68. The van der Waals surface area contributed by atoms with Crippen LogP contribution in [0.5, 0.6) is 0 Å². The second-order valence-electron chi connectivity index (χ2n) is 5.99. The van der Waals surface area contributed by atoms with Crippen LogP contribution in [-0.2, 0) is 0 Å². The van der Waals surface area contributed by atoms with Gasteiger partial charge in [-0.2, -0.15) is 0 Å². The van der Waals surface area contributed by atoms with E-state index in [1.807, 2.05) is 18.2 Å². The number of hydrogen-bond donors (Lipinski definition) is 0. The van der Waals surface area contributed by atoms with Gasteiger partial charge < -0.3 is 4.90 Å². The monoisotopic (exact) mass is 356 g/mol. The molecule has 3 nitrogen and oxygen atoms in total. The van der Waals surface area contributed by atoms with E-state index < -0.39 is 0 Å². The maximum absolute atomic E-state index is 5.97. The molecule has 1 radical (unpaired) electrons. The molecule has 0 atom stereocenters. The number of thiazole rings is 1. The summed E-state index contributed by atoms with van der Waals surface area (Å²) in [7, 11) is 0. The Morgan fingerprint density at radius 2 is 1.75 bits per heavy atom. The molecule has 0 unspecified atom stereocenters. The van der Waals surface area contributed by atoms with E-state index in [9.17, 15) is 0 Å². The molecule has 0 saturated carbocycles. The van der Waals surface area contributed by atoms with Crippen molar-refractivity contribution in [3.8, 4) is 0 Å². The number of anilines is 1. The second kappa shape index (κ2) is 7.09. The SMILES string of the molecule is Clc1ccc(N2CCN(C[CH]c3nc4ccccc4s3)CC2)cc1. The Morgan fingerprint density at radius 3 is 2.50 bits per heavy atom. The van der Waals surface area contributed by atoms with Crippen molar-refractivity contribution in [1.29, 1.82) is 0 Å². The largest absolute Gasteiger partial charge is 0.369 e. The summed E-state index contributed by atoms with van der Waals surface area (Å²) in [5.41, 5.74) is 2.36. The van der Waals surface area contributed by atoms with Crippen molar-refractivity contribution in [2.45, 2.75) is 0 Å². The molecule has 4 rings (SSSR count). The molecule has 24 heavy (non-hydrogen) atoms. The minimum Gasteiger partial charge on any atom is -0.369 e. The first-order valence-electron chi connectivity index (χ1n) is 8.19. The molecule has 0 spiro atoms. The number of aromatic nitrogens is 1. The lowest BCUT2D eigenvalue weighted by molar-refractivity contribution is 0.278. The molecular weight excluding hydrogens is 338 g/mol. The van der Waals surface area contributed by atoms with Gasteiger partial charge in [-0.05, 0) is 36.4 Å². The van der Waals surface area contributed by atoms with E-state index in [2.05, 4.69) is 51.5 Å². The molecule has 3 aromatic rings. The minimum absolute atomic E-state index is 0.794. The number of benzene rings is 2. The molecule has 0 amide bonds. The fraction of sp³-hybridized carbons (Fsp3) is 0.263. The number of para-hydroxylation sites is 1. The molecule has 2 heterocycles. The van der Waals surface area contributed by atoms with Crippen LogP contribution >= 0.6 is 22.9 Å². The van der Waals surface area contributed by atoms with Crippen LogP contribution in [0.4, 0.5) is 5.69 Å². The third-order valence-electron chi connectivity index (χ3n) is 4.40. The number of hydrogen-bond acceptors (Lipinski definition) is 4. The molecule has 1 saturated heterocycles. The van der Waals surface area contributed by atoms with Crippen LogP contribution in [-0.4, -0.2) is 42.6 Å². The van der Waals surface area contributed by atoms with Crippen molar-refractivity contribution in [3.63, 3.8) is 0 Å². The average Bonchev–Trinajstić information content (AvgIpc) is 3.04. The van der Waals surface area contributed by atoms with Crippen molar-refractivity contribution in [3.05, 3.63) is 65.0 Å². The van der Waals surface area contributed by atoms with Gasteiger partial charge in [0.2, 0.25) is 0 Å². The summed E-state index contributed by atoms with van der Waals surface area (Å²) in [6.07, 6.45) is 2.25. The molecule has 123 valence electrons. The predicted octanol–water partition coefficient (Wildman–Crippen LogP) is 4.32. The smallest absolute Gasteiger partial charge is 0.0989 e. The quantitative estimate of drug-likeness (QED) is 0.693. The van der Waals surface area contributed by atoms with Crippen molar-refractivity contribution in [2.75, 3.05) is 37.6 Å². The number of halogens is 1. The molecule has 0 aliphatic carbocycles. The molecule has 1 aromatic heterocycles. The Labute approximate surface area is 151 Å². The molecule has 1 aliphatic rings. The first-order chi connectivity index (χ1) is 11.8. The molecule has 2 aromatic carbocycles. The van der Waals surface area contributed by atoms with E-state index in [1.165, 1.54) is 10.4 Å². The van der Waals surface area contributed by atoms with E-state index >= 15 is 0 Å². The highest BCUT2D eigenvalue weighted by Gasteiger charge is 2.17. The summed E-state index contributed by atoms with van der Waals surface area (Å²) in [5, 5.41) is 1.92. The highest BCUT2D eigenvalue weighted by atomic mass is 35.5. The molecule has 0 bridgehead atoms. The maximum atomic E-state index is 5.97. The van der Waals surface area contributed by atoms with E-state index in [1.54, 1.807) is 11.3 Å². The molecule has 0 N–H and O–H groups in total. The Hall–Kier alpha value is -1.62. The van der Waals surface area contributed by atoms with Gasteiger partial charge in [-0.15, -0.1) is 11.3 Å². The standard InChI is InChI=1S/C19H19ClN3S/c20-15-5-7-16(8-6-15)23-13-11-22(12-14-23)10-9-19-21-17-3-1-2-4-18(17)24-19/h1-9H,10-14H2. The molecular formula is C19H19ClN3S. The van der Waals surface area contributed by atoms with Crippen LogP contribution in [0.15, 0.2) is 48.5 Å².